The second kappa shape index (κ2) is 7.87. The van der Waals surface area contributed by atoms with Crippen molar-refractivity contribution in [2.45, 2.75) is 13.0 Å². The van der Waals surface area contributed by atoms with E-state index in [0.29, 0.717) is 5.11 Å². The normalized spacial score (nSPS) is 12.0. The quantitative estimate of drug-likeness (QED) is 0.830. The highest BCUT2D eigenvalue weighted by molar-refractivity contribution is 7.80. The van der Waals surface area contributed by atoms with Crippen LogP contribution in [-0.2, 0) is 0 Å². The number of thiocarbonyl (C=S) groups is 1. The van der Waals surface area contributed by atoms with Crippen molar-refractivity contribution in [1.29, 1.82) is 0 Å². The van der Waals surface area contributed by atoms with Gasteiger partial charge in [0.05, 0.1) is 6.04 Å². The van der Waals surface area contributed by atoms with Crippen molar-refractivity contribution in [2.75, 3.05) is 26.0 Å². The molecule has 0 saturated heterocycles. The molecule has 1 aromatic carbocycles. The minimum atomic E-state index is 0.214. The van der Waals surface area contributed by atoms with E-state index in [1.54, 1.807) is 6.20 Å². The largest absolute Gasteiger partial charge is 0.361 e. The smallest absolute Gasteiger partial charge is 0.170 e. The van der Waals surface area contributed by atoms with Gasteiger partial charge in [-0.1, -0.05) is 18.2 Å². The van der Waals surface area contributed by atoms with Crippen molar-refractivity contribution in [2.24, 2.45) is 0 Å². The highest BCUT2D eigenvalue weighted by atomic mass is 32.1. The number of nitrogens with zero attached hydrogens (tertiary/aromatic N) is 2. The van der Waals surface area contributed by atoms with Crippen LogP contribution in [0.3, 0.4) is 0 Å². The van der Waals surface area contributed by atoms with Gasteiger partial charge in [0.1, 0.15) is 0 Å². The molecule has 116 valence electrons. The number of aromatic nitrogens is 1. The molecule has 4 nitrogen and oxygen atoms in total. The average molecular weight is 314 g/mol. The third-order valence-corrected chi connectivity index (χ3v) is 3.67. The molecule has 0 spiro atoms. The third-order valence-electron chi connectivity index (χ3n) is 3.42. The van der Waals surface area contributed by atoms with Crippen LogP contribution in [0.2, 0.25) is 0 Å². The lowest BCUT2D eigenvalue weighted by molar-refractivity contribution is 0.298. The van der Waals surface area contributed by atoms with Gasteiger partial charge in [0.2, 0.25) is 0 Å². The summed E-state index contributed by atoms with van der Waals surface area (Å²) >= 11 is 5.38. The Labute approximate surface area is 137 Å². The molecule has 0 amide bonds. The monoisotopic (exact) mass is 314 g/mol. The van der Waals surface area contributed by atoms with E-state index in [9.17, 15) is 0 Å². The van der Waals surface area contributed by atoms with Crippen LogP contribution in [0.5, 0.6) is 0 Å². The van der Waals surface area contributed by atoms with E-state index in [1.807, 2.05) is 24.4 Å². The first-order chi connectivity index (χ1) is 10.6. The van der Waals surface area contributed by atoms with E-state index in [4.69, 9.17) is 12.2 Å². The second-order valence-corrected chi connectivity index (χ2v) is 5.88. The van der Waals surface area contributed by atoms with Gasteiger partial charge in [-0.15, -0.1) is 0 Å². The van der Waals surface area contributed by atoms with Gasteiger partial charge in [0, 0.05) is 24.6 Å². The molecule has 1 atom stereocenters. The Bertz CT molecular complexity index is 613. The maximum atomic E-state index is 5.38. The van der Waals surface area contributed by atoms with Crippen LogP contribution in [0, 0.1) is 6.92 Å². The Morgan fingerprint density at radius 1 is 1.27 bits per heavy atom. The van der Waals surface area contributed by atoms with Crippen LogP contribution in [0.15, 0.2) is 48.8 Å². The number of pyridine rings is 1. The molecule has 5 heteroatoms. The lowest BCUT2D eigenvalue weighted by Gasteiger charge is -2.25. The molecule has 1 aromatic heterocycles. The summed E-state index contributed by atoms with van der Waals surface area (Å²) in [6.45, 7) is 2.78. The number of benzene rings is 1. The lowest BCUT2D eigenvalue weighted by Crippen LogP contribution is -2.36. The minimum Gasteiger partial charge on any atom is -0.361 e. The summed E-state index contributed by atoms with van der Waals surface area (Å²) in [5.41, 5.74) is 3.37. The molecule has 2 rings (SSSR count). The van der Waals surface area contributed by atoms with E-state index in [0.717, 1.165) is 12.2 Å². The molecule has 0 aliphatic heterocycles. The Morgan fingerprint density at radius 2 is 2.09 bits per heavy atom. The first-order valence-corrected chi connectivity index (χ1v) is 7.65. The van der Waals surface area contributed by atoms with Gasteiger partial charge in [-0.05, 0) is 62.6 Å². The summed E-state index contributed by atoms with van der Waals surface area (Å²) in [5, 5.41) is 7.12. The number of aryl methyl sites for hydroxylation is 1. The molecule has 1 heterocycles. The highest BCUT2D eigenvalue weighted by Crippen LogP contribution is 2.16. The maximum absolute atomic E-state index is 5.38. The molecule has 0 fully saturated rings. The minimum absolute atomic E-state index is 0.214. The molecular weight excluding hydrogens is 292 g/mol. The number of rotatable bonds is 5. The van der Waals surface area contributed by atoms with E-state index < -0.39 is 0 Å². The number of nitrogens with one attached hydrogen (secondary N) is 2. The summed E-state index contributed by atoms with van der Waals surface area (Å²) in [4.78, 5) is 6.34. The number of hydrogen-bond donors (Lipinski definition) is 2. The van der Waals surface area contributed by atoms with Gasteiger partial charge in [-0.2, -0.15) is 0 Å². The van der Waals surface area contributed by atoms with E-state index in [-0.39, 0.29) is 6.04 Å². The Balaban J connectivity index is 1.94. The van der Waals surface area contributed by atoms with Crippen molar-refractivity contribution in [3.8, 4) is 0 Å². The fraction of sp³-hybridized carbons (Fsp3) is 0.294. The molecule has 0 bridgehead atoms. The predicted molar refractivity (Wildman–Crippen MR) is 96.1 cm³/mol. The first-order valence-electron chi connectivity index (χ1n) is 7.24. The standard InChI is InChI=1S/C17H22N4S/c1-13-6-4-8-15(10-13)20-17(22)19-12-16(21(2)3)14-7-5-9-18-11-14/h4-11,16H,12H2,1-3H3,(H2,19,20,22)/t16-/m0/s1. The van der Waals surface area contributed by atoms with Crippen LogP contribution in [0.25, 0.3) is 0 Å². The van der Waals surface area contributed by atoms with Crippen molar-refractivity contribution >= 4 is 23.0 Å². The lowest BCUT2D eigenvalue weighted by atomic mass is 10.1. The number of likely N-dealkylation sites (N-methyl/N-ethyl adjacent to an activating group) is 1. The van der Waals surface area contributed by atoms with Gasteiger partial charge < -0.3 is 15.5 Å². The van der Waals surface area contributed by atoms with Gasteiger partial charge in [0.25, 0.3) is 0 Å². The van der Waals surface area contributed by atoms with Crippen molar-refractivity contribution in [3.05, 3.63) is 59.9 Å². The highest BCUT2D eigenvalue weighted by Gasteiger charge is 2.14. The summed E-state index contributed by atoms with van der Waals surface area (Å²) in [6, 6.07) is 12.4. The Kier molecular flexibility index (Phi) is 5.86. The molecular formula is C17H22N4S. The summed E-state index contributed by atoms with van der Waals surface area (Å²) in [7, 11) is 4.10. The topological polar surface area (TPSA) is 40.2 Å². The average Bonchev–Trinajstić information content (AvgIpc) is 2.48. The first kappa shape index (κ1) is 16.4. The summed E-state index contributed by atoms with van der Waals surface area (Å²) in [5.74, 6) is 0. The van der Waals surface area contributed by atoms with Crippen LogP contribution >= 0.6 is 12.2 Å². The number of anilines is 1. The van der Waals surface area contributed by atoms with Gasteiger partial charge in [-0.25, -0.2) is 0 Å². The van der Waals surface area contributed by atoms with E-state index in [1.165, 1.54) is 11.1 Å². The zero-order valence-corrected chi connectivity index (χ0v) is 14.0. The van der Waals surface area contributed by atoms with Crippen LogP contribution < -0.4 is 10.6 Å². The molecule has 0 radical (unpaired) electrons. The SMILES string of the molecule is Cc1cccc(NC(=S)NC[C@@H](c2cccnc2)N(C)C)c1. The molecule has 0 aliphatic carbocycles. The fourth-order valence-electron chi connectivity index (χ4n) is 2.26. The second-order valence-electron chi connectivity index (χ2n) is 5.47. The summed E-state index contributed by atoms with van der Waals surface area (Å²) in [6.07, 6.45) is 3.68. The Morgan fingerprint density at radius 3 is 2.73 bits per heavy atom. The maximum Gasteiger partial charge on any atom is 0.170 e. The van der Waals surface area contributed by atoms with E-state index in [2.05, 4.69) is 59.7 Å². The third kappa shape index (κ3) is 4.79. The zero-order chi connectivity index (χ0) is 15.9. The zero-order valence-electron chi connectivity index (χ0n) is 13.2. The van der Waals surface area contributed by atoms with Gasteiger partial charge >= 0.3 is 0 Å². The van der Waals surface area contributed by atoms with E-state index >= 15 is 0 Å². The molecule has 0 saturated carbocycles. The molecule has 2 N–H and O–H groups in total. The summed E-state index contributed by atoms with van der Waals surface area (Å²) < 4.78 is 0. The van der Waals surface area contributed by atoms with Crippen molar-refractivity contribution in [1.82, 2.24) is 15.2 Å². The van der Waals surface area contributed by atoms with Gasteiger partial charge in [0.15, 0.2) is 5.11 Å². The van der Waals surface area contributed by atoms with Crippen LogP contribution in [-0.4, -0.2) is 35.6 Å². The molecule has 0 aliphatic rings. The molecule has 22 heavy (non-hydrogen) atoms. The Hall–Kier alpha value is -1.98. The van der Waals surface area contributed by atoms with Gasteiger partial charge in [-0.3, -0.25) is 4.98 Å². The fourth-order valence-corrected chi connectivity index (χ4v) is 2.46. The van der Waals surface area contributed by atoms with Crippen LogP contribution in [0.1, 0.15) is 17.2 Å². The molecule has 0 unspecified atom stereocenters. The predicted octanol–water partition coefficient (Wildman–Crippen LogP) is 2.98. The van der Waals surface area contributed by atoms with Crippen LogP contribution in [0.4, 0.5) is 5.69 Å². The van der Waals surface area contributed by atoms with Crippen molar-refractivity contribution < 1.29 is 0 Å². The molecule has 2 aromatic rings. The number of hydrogen-bond acceptors (Lipinski definition) is 3. The van der Waals surface area contributed by atoms with Crippen molar-refractivity contribution in [3.63, 3.8) is 0 Å².